The van der Waals surface area contributed by atoms with Crippen molar-refractivity contribution >= 4 is 23.4 Å². The summed E-state index contributed by atoms with van der Waals surface area (Å²) in [6.45, 7) is 2.41. The maximum Gasteiger partial charge on any atom is 0.250 e. The number of likely N-dealkylation sites (tertiary alicyclic amines) is 1. The van der Waals surface area contributed by atoms with Crippen LogP contribution >= 0.6 is 0 Å². The van der Waals surface area contributed by atoms with Crippen molar-refractivity contribution in [3.63, 3.8) is 0 Å². The number of aliphatic hydroxyl groups excluding tert-OH is 1. The number of rotatable bonds is 3. The van der Waals surface area contributed by atoms with Gasteiger partial charge in [0.2, 0.25) is 17.7 Å². The van der Waals surface area contributed by atoms with Crippen molar-refractivity contribution in [1.82, 2.24) is 10.2 Å². The number of aliphatic hydroxyl groups is 1. The van der Waals surface area contributed by atoms with Crippen molar-refractivity contribution in [3.8, 4) is 0 Å². The summed E-state index contributed by atoms with van der Waals surface area (Å²) in [4.78, 5) is 41.0. The summed E-state index contributed by atoms with van der Waals surface area (Å²) in [5, 5.41) is 16.4. The standard InChI is InChI=1S/C20H23N3O5/c1-10(24)16-14-15(18(26)23(17(14)25)9-11-5-4-8-28-11)20(22-16)12-6-2-3-7-13(12)21-19(20)27/h2-3,6-7,10-11,14-16,22,24H,4-5,8-9H2,1H3,(H,21,27)/t10-,11-,14-,15-,16+,20-/m1/s1. The SMILES string of the molecule is C[C@@H](O)[C@@H]1N[C@@]2(C(=O)Nc3ccccc32)[C@H]2C(=O)N(C[C@H]3CCCO3)C(=O)[C@@H]12. The van der Waals surface area contributed by atoms with E-state index in [9.17, 15) is 19.5 Å². The lowest BCUT2D eigenvalue weighted by molar-refractivity contribution is -0.144. The first-order valence-corrected chi connectivity index (χ1v) is 9.78. The van der Waals surface area contributed by atoms with Gasteiger partial charge in [-0.15, -0.1) is 0 Å². The minimum Gasteiger partial charge on any atom is -0.392 e. The first-order chi connectivity index (χ1) is 13.4. The number of imide groups is 1. The lowest BCUT2D eigenvalue weighted by Crippen LogP contribution is -2.55. The highest BCUT2D eigenvalue weighted by molar-refractivity contribution is 6.15. The molecule has 8 heteroatoms. The molecule has 1 spiro atoms. The van der Waals surface area contributed by atoms with Crippen LogP contribution in [0.4, 0.5) is 5.69 Å². The number of carbonyl (C=O) groups excluding carboxylic acids is 3. The Morgan fingerprint density at radius 3 is 2.79 bits per heavy atom. The van der Waals surface area contributed by atoms with Crippen LogP contribution in [0.3, 0.4) is 0 Å². The van der Waals surface area contributed by atoms with Crippen LogP contribution in [0.5, 0.6) is 0 Å². The molecule has 0 unspecified atom stereocenters. The Morgan fingerprint density at radius 2 is 2.07 bits per heavy atom. The molecule has 4 aliphatic rings. The van der Waals surface area contributed by atoms with Crippen LogP contribution in [0, 0.1) is 11.8 Å². The number of nitrogens with one attached hydrogen (secondary N) is 2. The zero-order chi connectivity index (χ0) is 19.6. The van der Waals surface area contributed by atoms with Crippen molar-refractivity contribution in [1.29, 1.82) is 0 Å². The molecule has 0 aromatic heterocycles. The molecule has 6 atom stereocenters. The monoisotopic (exact) mass is 385 g/mol. The minimum absolute atomic E-state index is 0.162. The molecular weight excluding hydrogens is 362 g/mol. The number of benzene rings is 1. The maximum atomic E-state index is 13.4. The number of para-hydroxylation sites is 1. The van der Waals surface area contributed by atoms with Gasteiger partial charge in [0.25, 0.3) is 0 Å². The molecule has 0 aliphatic carbocycles. The number of nitrogens with zero attached hydrogens (tertiary/aromatic N) is 1. The fourth-order valence-electron chi connectivity index (χ4n) is 5.33. The highest BCUT2D eigenvalue weighted by atomic mass is 16.5. The second-order valence-corrected chi connectivity index (χ2v) is 8.14. The third-order valence-electron chi connectivity index (χ3n) is 6.58. The minimum atomic E-state index is -1.35. The first-order valence-electron chi connectivity index (χ1n) is 9.78. The summed E-state index contributed by atoms with van der Waals surface area (Å²) in [5.41, 5.74) is -0.0675. The zero-order valence-electron chi connectivity index (χ0n) is 15.6. The van der Waals surface area contributed by atoms with Gasteiger partial charge in [-0.2, -0.15) is 0 Å². The number of hydrogen-bond donors (Lipinski definition) is 3. The summed E-state index contributed by atoms with van der Waals surface area (Å²) in [6.07, 6.45) is 0.654. The molecule has 4 heterocycles. The number of ether oxygens (including phenoxy) is 1. The van der Waals surface area contributed by atoms with Crippen LogP contribution in [-0.2, 0) is 24.7 Å². The van der Waals surface area contributed by atoms with Gasteiger partial charge in [-0.3, -0.25) is 24.6 Å². The molecule has 28 heavy (non-hydrogen) atoms. The molecule has 1 aromatic rings. The molecule has 5 rings (SSSR count). The van der Waals surface area contributed by atoms with Crippen LogP contribution in [0.15, 0.2) is 24.3 Å². The lowest BCUT2D eigenvalue weighted by atomic mass is 9.76. The summed E-state index contributed by atoms with van der Waals surface area (Å²) in [5.74, 6) is -2.73. The molecule has 3 saturated heterocycles. The molecule has 3 fully saturated rings. The predicted molar refractivity (Wildman–Crippen MR) is 98.0 cm³/mol. The Morgan fingerprint density at radius 1 is 1.29 bits per heavy atom. The zero-order valence-corrected chi connectivity index (χ0v) is 15.6. The number of anilines is 1. The Bertz CT molecular complexity index is 865. The normalized spacial score (nSPS) is 37.5. The van der Waals surface area contributed by atoms with Crippen LogP contribution < -0.4 is 10.6 Å². The van der Waals surface area contributed by atoms with Gasteiger partial charge in [-0.25, -0.2) is 0 Å². The molecule has 0 saturated carbocycles. The highest BCUT2D eigenvalue weighted by Crippen LogP contribution is 2.53. The summed E-state index contributed by atoms with van der Waals surface area (Å²) >= 11 is 0. The van der Waals surface area contributed by atoms with E-state index in [1.54, 1.807) is 25.1 Å². The van der Waals surface area contributed by atoms with Crippen molar-refractivity contribution < 1.29 is 24.2 Å². The fourth-order valence-corrected chi connectivity index (χ4v) is 5.33. The second-order valence-electron chi connectivity index (χ2n) is 8.14. The smallest absolute Gasteiger partial charge is 0.250 e. The molecule has 148 valence electrons. The van der Waals surface area contributed by atoms with Crippen LogP contribution in [-0.4, -0.2) is 59.1 Å². The second kappa shape index (κ2) is 6.10. The van der Waals surface area contributed by atoms with Crippen molar-refractivity contribution in [2.75, 3.05) is 18.5 Å². The van der Waals surface area contributed by atoms with Gasteiger partial charge in [0.1, 0.15) is 5.54 Å². The Hall–Kier alpha value is -2.29. The van der Waals surface area contributed by atoms with Gasteiger partial charge in [0, 0.05) is 23.9 Å². The molecule has 0 radical (unpaired) electrons. The summed E-state index contributed by atoms with van der Waals surface area (Å²) in [6, 6.07) is 6.50. The van der Waals surface area contributed by atoms with E-state index in [4.69, 9.17) is 4.74 Å². The Kier molecular flexibility index (Phi) is 3.88. The third kappa shape index (κ3) is 2.19. The van der Waals surface area contributed by atoms with E-state index in [1.807, 2.05) is 6.07 Å². The predicted octanol–water partition coefficient (Wildman–Crippen LogP) is -0.0332. The first kappa shape index (κ1) is 17.8. The molecule has 3 N–H and O–H groups in total. The van der Waals surface area contributed by atoms with Gasteiger partial charge in [-0.1, -0.05) is 18.2 Å². The number of fused-ring (bicyclic) bond motifs is 4. The number of carbonyl (C=O) groups is 3. The van der Waals surface area contributed by atoms with E-state index in [0.717, 1.165) is 12.8 Å². The summed E-state index contributed by atoms with van der Waals surface area (Å²) in [7, 11) is 0. The van der Waals surface area contributed by atoms with E-state index in [2.05, 4.69) is 10.6 Å². The molecule has 0 bridgehead atoms. The molecule has 4 aliphatic heterocycles. The molecular formula is C20H23N3O5. The van der Waals surface area contributed by atoms with Gasteiger partial charge in [0.15, 0.2) is 0 Å². The largest absolute Gasteiger partial charge is 0.392 e. The third-order valence-corrected chi connectivity index (χ3v) is 6.58. The average Bonchev–Trinajstić information content (AvgIpc) is 3.41. The topological polar surface area (TPSA) is 108 Å². The van der Waals surface area contributed by atoms with Crippen LogP contribution in [0.1, 0.15) is 25.3 Å². The van der Waals surface area contributed by atoms with Gasteiger partial charge in [-0.05, 0) is 25.8 Å². The van der Waals surface area contributed by atoms with Gasteiger partial charge >= 0.3 is 0 Å². The Balaban J connectivity index is 1.59. The van der Waals surface area contributed by atoms with E-state index < -0.39 is 29.5 Å². The van der Waals surface area contributed by atoms with Gasteiger partial charge in [0.05, 0.1) is 30.6 Å². The molecule has 3 amide bonds. The van der Waals surface area contributed by atoms with Crippen LogP contribution in [0.25, 0.3) is 0 Å². The lowest BCUT2D eigenvalue weighted by Gasteiger charge is -2.30. The van der Waals surface area contributed by atoms with Crippen LogP contribution in [0.2, 0.25) is 0 Å². The molecule has 8 nitrogen and oxygen atoms in total. The highest BCUT2D eigenvalue weighted by Gasteiger charge is 2.71. The van der Waals surface area contributed by atoms with E-state index >= 15 is 0 Å². The number of hydrogen-bond acceptors (Lipinski definition) is 6. The van der Waals surface area contributed by atoms with E-state index in [1.165, 1.54) is 4.90 Å². The number of amides is 3. The van der Waals surface area contributed by atoms with E-state index in [0.29, 0.717) is 17.9 Å². The van der Waals surface area contributed by atoms with Gasteiger partial charge < -0.3 is 15.2 Å². The quantitative estimate of drug-likeness (QED) is 0.631. The maximum absolute atomic E-state index is 13.4. The van der Waals surface area contributed by atoms with Crippen molar-refractivity contribution in [2.45, 2.75) is 43.6 Å². The van der Waals surface area contributed by atoms with Crippen molar-refractivity contribution in [2.24, 2.45) is 11.8 Å². The average molecular weight is 385 g/mol. The fraction of sp³-hybridized carbons (Fsp3) is 0.550. The molecule has 1 aromatic carbocycles. The van der Waals surface area contributed by atoms with Crippen molar-refractivity contribution in [3.05, 3.63) is 29.8 Å². The van der Waals surface area contributed by atoms with E-state index in [-0.39, 0.29) is 30.4 Å². The Labute approximate surface area is 162 Å². The summed E-state index contributed by atoms with van der Waals surface area (Å²) < 4.78 is 5.61.